The third-order valence-corrected chi connectivity index (χ3v) is 5.74. The lowest BCUT2D eigenvalue weighted by Crippen LogP contribution is -2.31. The van der Waals surface area contributed by atoms with Crippen LogP contribution in [0.3, 0.4) is 0 Å². The molecule has 3 amide bonds. The van der Waals surface area contributed by atoms with E-state index in [4.69, 9.17) is 5.73 Å². The van der Waals surface area contributed by atoms with E-state index in [-0.39, 0.29) is 17.7 Å². The number of nitrogens with zero attached hydrogens (tertiary/aromatic N) is 2. The largest absolute Gasteiger partial charge is 0.397 e. The Morgan fingerprint density at radius 2 is 1.75 bits per heavy atom. The second-order valence-corrected chi connectivity index (χ2v) is 8.69. The molecule has 4 rings (SSSR count). The molecule has 0 saturated heterocycles. The lowest BCUT2D eigenvalue weighted by molar-refractivity contribution is -0.115. The molecule has 0 aliphatic carbocycles. The Morgan fingerprint density at radius 1 is 1.03 bits per heavy atom. The minimum atomic E-state index is -0.626. The van der Waals surface area contributed by atoms with Crippen LogP contribution < -0.4 is 21.7 Å². The SMILES string of the molecule is CN(C)CCNC(=O)c1ccc2c(c1)C(C=Nc1ccc(C(=O)Nc3ccccc3N)cc1)C(=O)N2. The van der Waals surface area contributed by atoms with Crippen LogP contribution in [0.1, 0.15) is 32.2 Å². The van der Waals surface area contributed by atoms with Gasteiger partial charge in [0.05, 0.1) is 17.1 Å². The number of para-hydroxylation sites is 2. The maximum absolute atomic E-state index is 12.6. The van der Waals surface area contributed by atoms with E-state index in [0.717, 1.165) is 6.54 Å². The van der Waals surface area contributed by atoms with Gasteiger partial charge in [-0.25, -0.2) is 0 Å². The summed E-state index contributed by atoms with van der Waals surface area (Å²) in [5.41, 5.74) is 9.79. The summed E-state index contributed by atoms with van der Waals surface area (Å²) in [7, 11) is 3.87. The smallest absolute Gasteiger partial charge is 0.255 e. The van der Waals surface area contributed by atoms with Gasteiger partial charge in [0.15, 0.2) is 0 Å². The standard InChI is InChI=1S/C27H28N6O3/c1-33(2)14-13-29-25(34)18-9-12-23-20(15-18)21(27(36)31-23)16-30-19-10-7-17(8-11-19)26(35)32-24-6-4-3-5-22(24)28/h3-12,15-16,21H,13-14,28H2,1-2H3,(H,29,34)(H,31,36)(H,32,35). The zero-order valence-electron chi connectivity index (χ0n) is 20.1. The second-order valence-electron chi connectivity index (χ2n) is 8.69. The first-order valence-electron chi connectivity index (χ1n) is 11.5. The third-order valence-electron chi connectivity index (χ3n) is 5.74. The number of carbonyl (C=O) groups excluding carboxylic acids is 3. The van der Waals surface area contributed by atoms with Crippen molar-refractivity contribution in [3.8, 4) is 0 Å². The Kier molecular flexibility index (Phi) is 7.41. The molecule has 3 aromatic rings. The quantitative estimate of drug-likeness (QED) is 0.288. The first-order chi connectivity index (χ1) is 17.3. The van der Waals surface area contributed by atoms with Gasteiger partial charge in [-0.05, 0) is 74.3 Å². The van der Waals surface area contributed by atoms with E-state index in [1.165, 1.54) is 0 Å². The number of nitrogens with two attached hydrogens (primary N) is 1. The minimum absolute atomic E-state index is 0.194. The van der Waals surface area contributed by atoms with Gasteiger partial charge in [0.1, 0.15) is 5.92 Å². The van der Waals surface area contributed by atoms with Crippen molar-refractivity contribution < 1.29 is 14.4 Å². The average Bonchev–Trinajstić information content (AvgIpc) is 3.18. The first kappa shape index (κ1) is 24.6. The van der Waals surface area contributed by atoms with Gasteiger partial charge in [0, 0.05) is 36.1 Å². The molecule has 9 nitrogen and oxygen atoms in total. The van der Waals surface area contributed by atoms with E-state index in [9.17, 15) is 14.4 Å². The van der Waals surface area contributed by atoms with Gasteiger partial charge in [-0.1, -0.05) is 12.1 Å². The highest BCUT2D eigenvalue weighted by molar-refractivity contribution is 6.13. The van der Waals surface area contributed by atoms with E-state index in [0.29, 0.717) is 46.0 Å². The van der Waals surface area contributed by atoms with Crippen LogP contribution in [0.25, 0.3) is 0 Å². The molecule has 0 bridgehead atoms. The number of amides is 3. The molecule has 1 unspecified atom stereocenters. The van der Waals surface area contributed by atoms with Gasteiger partial charge in [-0.2, -0.15) is 0 Å². The molecule has 0 saturated carbocycles. The first-order valence-corrected chi connectivity index (χ1v) is 11.5. The molecule has 0 radical (unpaired) electrons. The van der Waals surface area contributed by atoms with Crippen LogP contribution >= 0.6 is 0 Å². The molecular formula is C27H28N6O3. The Bertz CT molecular complexity index is 1320. The van der Waals surface area contributed by atoms with Gasteiger partial charge < -0.3 is 26.6 Å². The predicted molar refractivity (Wildman–Crippen MR) is 142 cm³/mol. The van der Waals surface area contributed by atoms with E-state index in [1.54, 1.807) is 72.9 Å². The predicted octanol–water partition coefficient (Wildman–Crippen LogP) is 3.25. The molecule has 1 aliphatic heterocycles. The Balaban J connectivity index is 1.44. The molecule has 0 aromatic heterocycles. The highest BCUT2D eigenvalue weighted by Crippen LogP contribution is 2.32. The van der Waals surface area contributed by atoms with E-state index >= 15 is 0 Å². The van der Waals surface area contributed by atoms with Crippen LogP contribution in [-0.2, 0) is 4.79 Å². The molecular weight excluding hydrogens is 456 g/mol. The number of fused-ring (bicyclic) bond motifs is 1. The molecule has 36 heavy (non-hydrogen) atoms. The van der Waals surface area contributed by atoms with Crippen LogP contribution in [0.4, 0.5) is 22.7 Å². The fourth-order valence-corrected chi connectivity index (χ4v) is 3.73. The zero-order valence-corrected chi connectivity index (χ0v) is 20.1. The van der Waals surface area contributed by atoms with Crippen molar-refractivity contribution in [1.29, 1.82) is 0 Å². The van der Waals surface area contributed by atoms with Gasteiger partial charge in [-0.15, -0.1) is 0 Å². The van der Waals surface area contributed by atoms with Crippen molar-refractivity contribution in [3.63, 3.8) is 0 Å². The number of hydrogen-bond acceptors (Lipinski definition) is 6. The molecule has 184 valence electrons. The van der Waals surface area contributed by atoms with Gasteiger partial charge >= 0.3 is 0 Å². The molecule has 1 atom stereocenters. The normalized spacial score (nSPS) is 14.5. The van der Waals surface area contributed by atoms with E-state index < -0.39 is 5.92 Å². The number of nitrogen functional groups attached to an aromatic ring is 1. The Hall–Kier alpha value is -4.50. The number of rotatable bonds is 8. The number of likely N-dealkylation sites (N-methyl/N-ethyl adjacent to an activating group) is 1. The number of carbonyl (C=O) groups is 3. The topological polar surface area (TPSA) is 129 Å². The van der Waals surface area contributed by atoms with Gasteiger partial charge in [0.25, 0.3) is 11.8 Å². The number of benzene rings is 3. The third kappa shape index (κ3) is 5.76. The molecule has 0 spiro atoms. The van der Waals surface area contributed by atoms with Crippen molar-refractivity contribution in [2.45, 2.75) is 5.92 Å². The van der Waals surface area contributed by atoms with E-state index in [2.05, 4.69) is 20.9 Å². The number of aliphatic imine (C=N–C) groups is 1. The monoisotopic (exact) mass is 484 g/mol. The van der Waals surface area contributed by atoms with E-state index in [1.807, 2.05) is 19.0 Å². The van der Waals surface area contributed by atoms with Crippen LogP contribution in [0.5, 0.6) is 0 Å². The number of nitrogens with one attached hydrogen (secondary N) is 3. The fraction of sp³-hybridized carbons (Fsp3) is 0.185. The highest BCUT2D eigenvalue weighted by atomic mass is 16.2. The fourth-order valence-electron chi connectivity index (χ4n) is 3.73. The lowest BCUT2D eigenvalue weighted by Gasteiger charge is -2.11. The molecule has 0 fully saturated rings. The molecule has 1 heterocycles. The maximum atomic E-state index is 12.6. The summed E-state index contributed by atoms with van der Waals surface area (Å²) in [6.45, 7) is 1.25. The van der Waals surface area contributed by atoms with Crippen LogP contribution in [-0.4, -0.2) is 56.0 Å². The van der Waals surface area contributed by atoms with Gasteiger partial charge in [0.2, 0.25) is 5.91 Å². The molecule has 5 N–H and O–H groups in total. The minimum Gasteiger partial charge on any atom is -0.397 e. The van der Waals surface area contributed by atoms with Crippen molar-refractivity contribution in [2.75, 3.05) is 43.6 Å². The van der Waals surface area contributed by atoms with Crippen LogP contribution in [0.2, 0.25) is 0 Å². The average molecular weight is 485 g/mol. The van der Waals surface area contributed by atoms with Crippen molar-refractivity contribution in [2.24, 2.45) is 4.99 Å². The molecule has 1 aliphatic rings. The summed E-state index contributed by atoms with van der Waals surface area (Å²) in [5, 5.41) is 8.49. The summed E-state index contributed by atoms with van der Waals surface area (Å²) in [4.78, 5) is 44.0. The van der Waals surface area contributed by atoms with Crippen LogP contribution in [0.15, 0.2) is 71.7 Å². The lowest BCUT2D eigenvalue weighted by atomic mass is 9.99. The Labute approximate surface area is 209 Å². The summed E-state index contributed by atoms with van der Waals surface area (Å²) < 4.78 is 0. The second kappa shape index (κ2) is 10.8. The molecule has 9 heteroatoms. The van der Waals surface area contributed by atoms with Crippen molar-refractivity contribution in [3.05, 3.63) is 83.4 Å². The van der Waals surface area contributed by atoms with Crippen LogP contribution in [0, 0.1) is 0 Å². The summed E-state index contributed by atoms with van der Waals surface area (Å²) in [5.74, 6) is -1.32. The van der Waals surface area contributed by atoms with Crippen molar-refractivity contribution in [1.82, 2.24) is 10.2 Å². The maximum Gasteiger partial charge on any atom is 0.255 e. The summed E-state index contributed by atoms with van der Waals surface area (Å²) in [6, 6.07) is 18.9. The summed E-state index contributed by atoms with van der Waals surface area (Å²) in [6.07, 6.45) is 1.55. The zero-order chi connectivity index (χ0) is 25.7. The Morgan fingerprint density at radius 3 is 2.47 bits per heavy atom. The van der Waals surface area contributed by atoms with Crippen molar-refractivity contribution >= 4 is 46.7 Å². The number of anilines is 3. The molecule has 3 aromatic carbocycles. The number of hydrogen-bond donors (Lipinski definition) is 4. The summed E-state index contributed by atoms with van der Waals surface area (Å²) >= 11 is 0. The van der Waals surface area contributed by atoms with Gasteiger partial charge in [-0.3, -0.25) is 19.4 Å². The highest BCUT2D eigenvalue weighted by Gasteiger charge is 2.30.